The Hall–Kier alpha value is -0.843. The fourth-order valence-electron chi connectivity index (χ4n) is 1.63. The summed E-state index contributed by atoms with van der Waals surface area (Å²) in [6, 6.07) is 5.43. The first-order valence-corrected chi connectivity index (χ1v) is 10.4. The molecule has 0 amide bonds. The minimum absolute atomic E-state index is 0.199. The number of rotatable bonds is 5. The monoisotopic (exact) mass is 328 g/mol. The van der Waals surface area contributed by atoms with Gasteiger partial charge in [0.1, 0.15) is 0 Å². The molecule has 0 fully saturated rings. The molecule has 0 aromatic heterocycles. The minimum Gasteiger partial charge on any atom is -0.465 e. The van der Waals surface area contributed by atoms with Crippen molar-refractivity contribution in [2.24, 2.45) is 0 Å². The molecule has 1 rings (SSSR count). The number of ether oxygens (including phenoxy) is 1. The summed E-state index contributed by atoms with van der Waals surface area (Å²) >= 11 is 6.01. The number of methoxy groups -OCH3 is 1. The van der Waals surface area contributed by atoms with Crippen molar-refractivity contribution in [2.75, 3.05) is 13.7 Å². The summed E-state index contributed by atoms with van der Waals surface area (Å²) < 4.78 is 10.9. The average molecular weight is 329 g/mol. The number of hydrogen-bond acceptors (Lipinski definition) is 3. The second-order valence-electron chi connectivity index (χ2n) is 6.66. The van der Waals surface area contributed by atoms with Crippen LogP contribution in [0.1, 0.15) is 36.7 Å². The van der Waals surface area contributed by atoms with Crippen LogP contribution in [-0.2, 0) is 15.6 Å². The summed E-state index contributed by atoms with van der Waals surface area (Å²) in [5.74, 6) is -0.410. The molecule has 1 aromatic rings. The lowest BCUT2D eigenvalue weighted by atomic mass is 10.1. The molecule has 0 heterocycles. The molecule has 118 valence electrons. The molecule has 0 spiro atoms. The van der Waals surface area contributed by atoms with E-state index in [1.807, 2.05) is 6.07 Å². The second kappa shape index (κ2) is 6.94. The molecule has 3 nitrogen and oxygen atoms in total. The minimum atomic E-state index is -1.73. The van der Waals surface area contributed by atoms with Gasteiger partial charge in [0.15, 0.2) is 8.32 Å². The molecule has 0 bridgehead atoms. The Morgan fingerprint density at radius 3 is 2.43 bits per heavy atom. The van der Waals surface area contributed by atoms with Crippen molar-refractivity contribution in [1.29, 1.82) is 0 Å². The summed E-state index contributed by atoms with van der Waals surface area (Å²) in [5, 5.41) is 0.611. The van der Waals surface area contributed by atoms with Crippen LogP contribution in [0, 0.1) is 0 Å². The Labute approximate surface area is 133 Å². The maximum absolute atomic E-state index is 11.6. The lowest BCUT2D eigenvalue weighted by Gasteiger charge is -2.36. The molecule has 5 heteroatoms. The highest BCUT2D eigenvalue weighted by Crippen LogP contribution is 2.36. The smallest absolute Gasteiger partial charge is 0.339 e. The fraction of sp³-hybridized carbons (Fsp3) is 0.562. The first-order chi connectivity index (χ1) is 9.58. The zero-order valence-electron chi connectivity index (χ0n) is 13.7. The molecule has 0 N–H and O–H groups in total. The molecule has 0 radical (unpaired) electrons. The number of hydrogen-bond donors (Lipinski definition) is 0. The summed E-state index contributed by atoms with van der Waals surface area (Å²) in [6.07, 6.45) is 0.758. The van der Waals surface area contributed by atoms with Gasteiger partial charge in [-0.25, -0.2) is 4.79 Å². The zero-order chi connectivity index (χ0) is 16.3. The van der Waals surface area contributed by atoms with Gasteiger partial charge in [0.05, 0.1) is 17.7 Å². The van der Waals surface area contributed by atoms with E-state index in [1.54, 1.807) is 12.1 Å². The van der Waals surface area contributed by atoms with Gasteiger partial charge < -0.3 is 9.16 Å². The largest absolute Gasteiger partial charge is 0.465 e. The summed E-state index contributed by atoms with van der Waals surface area (Å²) in [7, 11) is -0.377. The van der Waals surface area contributed by atoms with Crippen molar-refractivity contribution in [3.05, 3.63) is 34.3 Å². The molecule has 0 aliphatic heterocycles. The Kier molecular flexibility index (Phi) is 6.02. The highest BCUT2D eigenvalue weighted by Gasteiger charge is 2.36. The average Bonchev–Trinajstić information content (AvgIpc) is 2.38. The Bertz CT molecular complexity index is 507. The van der Waals surface area contributed by atoms with E-state index in [1.165, 1.54) is 7.11 Å². The third-order valence-corrected chi connectivity index (χ3v) is 8.96. The van der Waals surface area contributed by atoms with Gasteiger partial charge in [0.25, 0.3) is 0 Å². The first kappa shape index (κ1) is 18.2. The topological polar surface area (TPSA) is 35.5 Å². The van der Waals surface area contributed by atoms with Gasteiger partial charge in [-0.2, -0.15) is 0 Å². The Balaban J connectivity index is 2.71. The fourth-order valence-corrected chi connectivity index (χ4v) is 2.87. The quantitative estimate of drug-likeness (QED) is 0.581. The molecule has 0 saturated heterocycles. The maximum atomic E-state index is 11.6. The van der Waals surface area contributed by atoms with Crippen LogP contribution >= 0.6 is 11.6 Å². The molecule has 0 atom stereocenters. The third-order valence-electron chi connectivity index (χ3n) is 4.10. The van der Waals surface area contributed by atoms with Gasteiger partial charge >= 0.3 is 5.97 Å². The molecule has 1 aromatic carbocycles. The number of halogens is 1. The van der Waals surface area contributed by atoms with Crippen LogP contribution in [0.4, 0.5) is 0 Å². The van der Waals surface area contributed by atoms with Crippen LogP contribution in [0.5, 0.6) is 0 Å². The number of esters is 1. The van der Waals surface area contributed by atoms with E-state index < -0.39 is 14.3 Å². The lowest BCUT2D eigenvalue weighted by molar-refractivity contribution is 0.0600. The number of carbonyl (C=O) groups excluding carboxylic acids is 1. The van der Waals surface area contributed by atoms with Gasteiger partial charge in [0.2, 0.25) is 0 Å². The van der Waals surface area contributed by atoms with E-state index in [0.29, 0.717) is 17.2 Å². The predicted octanol–water partition coefficient (Wildman–Crippen LogP) is 4.69. The van der Waals surface area contributed by atoms with Crippen LogP contribution in [0.15, 0.2) is 18.2 Å². The van der Waals surface area contributed by atoms with Crippen molar-refractivity contribution in [3.8, 4) is 0 Å². The standard InChI is InChI=1S/C16H25ClO3Si/c1-16(2,3)21(5,6)20-10-9-12-7-8-14(17)13(11-12)15(18)19-4/h7-8,11H,9-10H2,1-6H3. The van der Waals surface area contributed by atoms with E-state index in [-0.39, 0.29) is 5.04 Å². The van der Waals surface area contributed by atoms with E-state index in [0.717, 1.165) is 12.0 Å². The van der Waals surface area contributed by atoms with E-state index in [2.05, 4.69) is 33.9 Å². The highest BCUT2D eigenvalue weighted by atomic mass is 35.5. The molecular formula is C16H25ClO3Si. The number of carbonyl (C=O) groups is 1. The molecule has 0 saturated carbocycles. The normalized spacial score (nSPS) is 12.3. The van der Waals surface area contributed by atoms with E-state index in [9.17, 15) is 4.79 Å². The van der Waals surface area contributed by atoms with Crippen LogP contribution in [0.25, 0.3) is 0 Å². The summed E-state index contributed by atoms with van der Waals surface area (Å²) in [4.78, 5) is 11.6. The molecule has 21 heavy (non-hydrogen) atoms. The Morgan fingerprint density at radius 2 is 1.90 bits per heavy atom. The van der Waals surface area contributed by atoms with Crippen molar-refractivity contribution < 1.29 is 14.0 Å². The number of benzene rings is 1. The third kappa shape index (κ3) is 4.83. The molecule has 0 aliphatic carbocycles. The summed E-state index contributed by atoms with van der Waals surface area (Å²) in [5.41, 5.74) is 1.43. The van der Waals surface area contributed by atoms with Crippen LogP contribution in [0.2, 0.25) is 23.2 Å². The van der Waals surface area contributed by atoms with Gasteiger partial charge in [-0.05, 0) is 42.2 Å². The second-order valence-corrected chi connectivity index (χ2v) is 11.9. The van der Waals surface area contributed by atoms with Crippen molar-refractivity contribution >= 4 is 25.9 Å². The van der Waals surface area contributed by atoms with Crippen molar-refractivity contribution in [3.63, 3.8) is 0 Å². The maximum Gasteiger partial charge on any atom is 0.339 e. The van der Waals surface area contributed by atoms with E-state index in [4.69, 9.17) is 20.8 Å². The van der Waals surface area contributed by atoms with Crippen LogP contribution in [0.3, 0.4) is 0 Å². The Morgan fingerprint density at radius 1 is 1.29 bits per heavy atom. The van der Waals surface area contributed by atoms with E-state index >= 15 is 0 Å². The molecule has 0 aliphatic rings. The molecular weight excluding hydrogens is 304 g/mol. The van der Waals surface area contributed by atoms with Gasteiger partial charge in [0, 0.05) is 6.61 Å². The van der Waals surface area contributed by atoms with Crippen LogP contribution in [-0.4, -0.2) is 28.0 Å². The van der Waals surface area contributed by atoms with Crippen molar-refractivity contribution in [1.82, 2.24) is 0 Å². The first-order valence-electron chi connectivity index (χ1n) is 7.09. The SMILES string of the molecule is COC(=O)c1cc(CCO[Si](C)(C)C(C)(C)C)ccc1Cl. The van der Waals surface area contributed by atoms with Gasteiger partial charge in [-0.15, -0.1) is 0 Å². The lowest BCUT2D eigenvalue weighted by Crippen LogP contribution is -2.41. The van der Waals surface area contributed by atoms with Gasteiger partial charge in [-0.1, -0.05) is 38.4 Å². The zero-order valence-corrected chi connectivity index (χ0v) is 15.5. The summed E-state index contributed by atoms with van der Waals surface area (Å²) in [6.45, 7) is 11.8. The van der Waals surface area contributed by atoms with Crippen LogP contribution < -0.4 is 0 Å². The predicted molar refractivity (Wildman–Crippen MR) is 89.6 cm³/mol. The molecule has 0 unspecified atom stereocenters. The van der Waals surface area contributed by atoms with Gasteiger partial charge in [-0.3, -0.25) is 0 Å². The highest BCUT2D eigenvalue weighted by molar-refractivity contribution is 6.74. The van der Waals surface area contributed by atoms with Crippen molar-refractivity contribution in [2.45, 2.75) is 45.3 Å².